The van der Waals surface area contributed by atoms with Crippen LogP contribution in [0.1, 0.15) is 5.56 Å². The minimum absolute atomic E-state index is 0.107. The van der Waals surface area contributed by atoms with Crippen LogP contribution in [0.15, 0.2) is 29.7 Å². The van der Waals surface area contributed by atoms with Crippen LogP contribution in [-0.4, -0.2) is 27.3 Å². The van der Waals surface area contributed by atoms with Crippen LogP contribution in [0.4, 0.5) is 0 Å². The number of methoxy groups -OCH3 is 1. The van der Waals surface area contributed by atoms with E-state index in [4.69, 9.17) is 16.3 Å². The van der Waals surface area contributed by atoms with Gasteiger partial charge in [-0.25, -0.2) is 8.42 Å². The zero-order valence-electron chi connectivity index (χ0n) is 9.89. The first-order valence-electron chi connectivity index (χ1n) is 5.47. The third-order valence-electron chi connectivity index (χ3n) is 2.73. The van der Waals surface area contributed by atoms with Gasteiger partial charge in [0.05, 0.1) is 12.9 Å². The molecule has 1 unspecified atom stereocenters. The molecule has 0 amide bonds. The first kappa shape index (κ1) is 13.4. The highest BCUT2D eigenvalue weighted by atomic mass is 35.5. The quantitative estimate of drug-likeness (QED) is 0.917. The minimum Gasteiger partial charge on any atom is -0.496 e. The molecule has 0 radical (unpaired) electrons. The summed E-state index contributed by atoms with van der Waals surface area (Å²) in [5.74, 6) is 0.840. The first-order chi connectivity index (χ1) is 8.50. The molecule has 1 aliphatic heterocycles. The highest BCUT2D eigenvalue weighted by molar-refractivity contribution is 7.94. The van der Waals surface area contributed by atoms with Crippen molar-refractivity contribution < 1.29 is 13.2 Å². The lowest BCUT2D eigenvalue weighted by Gasteiger charge is -2.13. The third-order valence-corrected chi connectivity index (χ3v) is 4.36. The monoisotopic (exact) mass is 287 g/mol. The minimum atomic E-state index is -3.02. The molecule has 1 aliphatic rings. The summed E-state index contributed by atoms with van der Waals surface area (Å²) in [6.45, 7) is 0.508. The van der Waals surface area contributed by atoms with Gasteiger partial charge in [0.1, 0.15) is 5.75 Å². The van der Waals surface area contributed by atoms with Crippen LogP contribution < -0.4 is 10.1 Å². The van der Waals surface area contributed by atoms with Crippen molar-refractivity contribution in [1.82, 2.24) is 5.32 Å². The largest absolute Gasteiger partial charge is 0.496 e. The Labute approximate surface area is 112 Å². The number of benzene rings is 1. The molecule has 1 aromatic carbocycles. The maximum Gasteiger partial charge on any atom is 0.173 e. The SMILES string of the molecule is COc1ccc(Cl)cc1CNC1C=CS(=O)(=O)C1. The lowest BCUT2D eigenvalue weighted by molar-refractivity contribution is 0.407. The topological polar surface area (TPSA) is 55.4 Å². The molecule has 1 heterocycles. The molecular weight excluding hydrogens is 274 g/mol. The summed E-state index contributed by atoms with van der Waals surface area (Å²) in [6, 6.07) is 5.20. The van der Waals surface area contributed by atoms with Crippen molar-refractivity contribution in [1.29, 1.82) is 0 Å². The van der Waals surface area contributed by atoms with Gasteiger partial charge in [0.25, 0.3) is 0 Å². The van der Waals surface area contributed by atoms with Crippen LogP contribution >= 0.6 is 11.6 Å². The summed E-state index contributed by atoms with van der Waals surface area (Å²) in [5.41, 5.74) is 0.905. The number of rotatable bonds is 4. The Kier molecular flexibility index (Phi) is 3.94. The summed E-state index contributed by atoms with van der Waals surface area (Å²) in [5, 5.41) is 5.03. The van der Waals surface area contributed by atoms with Crippen molar-refractivity contribution in [2.75, 3.05) is 12.9 Å². The maximum atomic E-state index is 11.3. The number of ether oxygens (including phenoxy) is 1. The number of hydrogen-bond acceptors (Lipinski definition) is 4. The molecule has 0 bridgehead atoms. The van der Waals surface area contributed by atoms with Gasteiger partial charge in [-0.15, -0.1) is 0 Å². The molecule has 0 aliphatic carbocycles. The summed E-state index contributed by atoms with van der Waals surface area (Å²) < 4.78 is 27.7. The van der Waals surface area contributed by atoms with E-state index in [1.807, 2.05) is 0 Å². The number of hydrogen-bond donors (Lipinski definition) is 1. The van der Waals surface area contributed by atoms with Gasteiger partial charge < -0.3 is 10.1 Å². The van der Waals surface area contributed by atoms with Crippen molar-refractivity contribution in [3.63, 3.8) is 0 Å². The molecule has 2 rings (SSSR count). The lowest BCUT2D eigenvalue weighted by atomic mass is 10.2. The van der Waals surface area contributed by atoms with E-state index in [0.29, 0.717) is 11.6 Å². The van der Waals surface area contributed by atoms with E-state index in [-0.39, 0.29) is 11.8 Å². The zero-order valence-corrected chi connectivity index (χ0v) is 11.5. The van der Waals surface area contributed by atoms with Gasteiger partial charge in [-0.2, -0.15) is 0 Å². The van der Waals surface area contributed by atoms with Gasteiger partial charge in [0, 0.05) is 28.6 Å². The fourth-order valence-corrected chi connectivity index (χ4v) is 3.29. The molecule has 4 nitrogen and oxygen atoms in total. The molecule has 6 heteroatoms. The van der Waals surface area contributed by atoms with Crippen molar-refractivity contribution in [3.05, 3.63) is 40.3 Å². The Morgan fingerprint density at radius 3 is 2.89 bits per heavy atom. The second-order valence-corrected chi connectivity index (χ2v) is 6.47. The van der Waals surface area contributed by atoms with E-state index in [9.17, 15) is 8.42 Å². The Bertz CT molecular complexity index is 569. The average Bonchev–Trinajstić information content (AvgIpc) is 2.66. The normalized spacial score (nSPS) is 21.1. The summed E-state index contributed by atoms with van der Waals surface area (Å²) >= 11 is 5.92. The molecule has 0 aromatic heterocycles. The third kappa shape index (κ3) is 3.25. The van der Waals surface area contributed by atoms with Crippen molar-refractivity contribution in [2.45, 2.75) is 12.6 Å². The number of sulfone groups is 1. The van der Waals surface area contributed by atoms with E-state index < -0.39 is 9.84 Å². The molecule has 0 saturated carbocycles. The predicted octanol–water partition coefficient (Wildman–Crippen LogP) is 1.75. The molecule has 0 spiro atoms. The first-order valence-corrected chi connectivity index (χ1v) is 7.56. The molecule has 1 aromatic rings. The lowest BCUT2D eigenvalue weighted by Crippen LogP contribution is -2.29. The van der Waals surface area contributed by atoms with Crippen LogP contribution in [0, 0.1) is 0 Å². The van der Waals surface area contributed by atoms with Gasteiger partial charge in [0.2, 0.25) is 0 Å². The molecule has 1 N–H and O–H groups in total. The zero-order chi connectivity index (χ0) is 13.2. The summed E-state index contributed by atoms with van der Waals surface area (Å²) in [4.78, 5) is 0. The molecule has 98 valence electrons. The van der Waals surface area contributed by atoms with Gasteiger partial charge in [-0.05, 0) is 18.2 Å². The average molecular weight is 288 g/mol. The fourth-order valence-electron chi connectivity index (χ4n) is 1.83. The van der Waals surface area contributed by atoms with Gasteiger partial charge in [0.15, 0.2) is 9.84 Å². The van der Waals surface area contributed by atoms with Crippen molar-refractivity contribution in [3.8, 4) is 5.75 Å². The van der Waals surface area contributed by atoms with Gasteiger partial charge in [-0.3, -0.25) is 0 Å². The smallest absolute Gasteiger partial charge is 0.173 e. The second kappa shape index (κ2) is 5.30. The van der Waals surface area contributed by atoms with Crippen LogP contribution in [0.5, 0.6) is 5.75 Å². The van der Waals surface area contributed by atoms with Crippen LogP contribution in [-0.2, 0) is 16.4 Å². The summed E-state index contributed by atoms with van der Waals surface area (Å²) in [7, 11) is -1.43. The molecule has 1 atom stereocenters. The summed E-state index contributed by atoms with van der Waals surface area (Å²) in [6.07, 6.45) is 1.66. The molecule has 18 heavy (non-hydrogen) atoms. The highest BCUT2D eigenvalue weighted by Crippen LogP contribution is 2.22. The maximum absolute atomic E-state index is 11.3. The standard InChI is InChI=1S/C12H14ClNO3S/c1-17-12-3-2-10(13)6-9(12)7-14-11-4-5-18(15,16)8-11/h2-6,11,14H,7-8H2,1H3. The Morgan fingerprint density at radius 1 is 1.50 bits per heavy atom. The van der Waals surface area contributed by atoms with Gasteiger partial charge >= 0.3 is 0 Å². The van der Waals surface area contributed by atoms with Crippen molar-refractivity contribution in [2.24, 2.45) is 0 Å². The molecule has 0 saturated heterocycles. The number of nitrogens with one attached hydrogen (secondary N) is 1. The highest BCUT2D eigenvalue weighted by Gasteiger charge is 2.21. The number of halogens is 1. The van der Waals surface area contributed by atoms with Gasteiger partial charge in [-0.1, -0.05) is 17.7 Å². The molecular formula is C12H14ClNO3S. The van der Waals surface area contributed by atoms with Crippen LogP contribution in [0.2, 0.25) is 5.02 Å². The van der Waals surface area contributed by atoms with E-state index in [2.05, 4.69) is 5.32 Å². The Morgan fingerprint density at radius 2 is 2.28 bits per heavy atom. The van der Waals surface area contributed by atoms with E-state index >= 15 is 0 Å². The Balaban J connectivity index is 2.03. The predicted molar refractivity (Wildman–Crippen MR) is 71.6 cm³/mol. The van der Waals surface area contributed by atoms with Crippen LogP contribution in [0.25, 0.3) is 0 Å². The van der Waals surface area contributed by atoms with E-state index in [0.717, 1.165) is 11.3 Å². The van der Waals surface area contributed by atoms with Crippen molar-refractivity contribution >= 4 is 21.4 Å². The molecule has 0 fully saturated rings. The van der Waals surface area contributed by atoms with Crippen LogP contribution in [0.3, 0.4) is 0 Å². The second-order valence-electron chi connectivity index (χ2n) is 4.10. The Hall–Kier alpha value is -1.04. The fraction of sp³-hybridized carbons (Fsp3) is 0.333. The van der Waals surface area contributed by atoms with E-state index in [1.54, 1.807) is 31.4 Å². The van der Waals surface area contributed by atoms with E-state index in [1.165, 1.54) is 5.41 Å².